The molecule has 0 unspecified atom stereocenters. The highest BCUT2D eigenvalue weighted by Crippen LogP contribution is 2.31. The van der Waals surface area contributed by atoms with Crippen molar-refractivity contribution in [2.24, 2.45) is 7.05 Å². The molecule has 0 aliphatic heterocycles. The molecule has 1 aromatic carbocycles. The van der Waals surface area contributed by atoms with Crippen LogP contribution < -0.4 is 10.3 Å². The average molecular weight is 395 g/mol. The molecule has 0 aliphatic rings. The van der Waals surface area contributed by atoms with E-state index in [2.05, 4.69) is 14.8 Å². The van der Waals surface area contributed by atoms with E-state index >= 15 is 0 Å². The van der Waals surface area contributed by atoms with Crippen molar-refractivity contribution >= 4 is 33.4 Å². The van der Waals surface area contributed by atoms with E-state index in [-0.39, 0.29) is 11.2 Å². The van der Waals surface area contributed by atoms with Gasteiger partial charge in [0.15, 0.2) is 5.52 Å². The first-order chi connectivity index (χ1) is 12.7. The maximum absolute atomic E-state index is 13.1. The summed E-state index contributed by atoms with van der Waals surface area (Å²) in [7, 11) is 1.65. The number of fused-ring (bicyclic) bond motifs is 3. The first kappa shape index (κ1) is 17.3. The molecule has 0 spiro atoms. The number of aryl methyl sites for hydroxylation is 1. The van der Waals surface area contributed by atoms with E-state index in [9.17, 15) is 18.0 Å². The molecule has 138 valence electrons. The summed E-state index contributed by atoms with van der Waals surface area (Å²) in [5, 5.41) is 5.63. The van der Waals surface area contributed by atoms with Crippen LogP contribution in [0.1, 0.15) is 0 Å². The molecule has 3 heterocycles. The summed E-state index contributed by atoms with van der Waals surface area (Å²) in [6, 6.07) is 7.52. The molecule has 0 amide bonds. The summed E-state index contributed by atoms with van der Waals surface area (Å²) in [5.74, 6) is -0.747. The minimum absolute atomic E-state index is 0.106. The fourth-order valence-electron chi connectivity index (χ4n) is 2.96. The molecule has 4 rings (SSSR count). The van der Waals surface area contributed by atoms with Crippen molar-refractivity contribution in [3.05, 3.63) is 58.1 Å². The Morgan fingerprint density at radius 1 is 1.19 bits per heavy atom. The number of pyridine rings is 2. The zero-order chi connectivity index (χ0) is 19.3. The first-order valence-electron chi connectivity index (χ1n) is 7.63. The fraction of sp³-hybridized carbons (Fsp3) is 0.118. The van der Waals surface area contributed by atoms with Gasteiger partial charge >= 0.3 is 6.36 Å². The van der Waals surface area contributed by atoms with Gasteiger partial charge in [0.05, 0.1) is 5.52 Å². The number of ether oxygens (including phenoxy) is 1. The quantitative estimate of drug-likeness (QED) is 0.518. The van der Waals surface area contributed by atoms with Crippen molar-refractivity contribution in [3.8, 4) is 11.6 Å². The molecule has 0 N–H and O–H groups in total. The van der Waals surface area contributed by atoms with Crippen molar-refractivity contribution in [2.75, 3.05) is 0 Å². The molecule has 0 atom stereocenters. The van der Waals surface area contributed by atoms with E-state index in [1.807, 2.05) is 0 Å². The summed E-state index contributed by atoms with van der Waals surface area (Å²) < 4.78 is 44.9. The monoisotopic (exact) mass is 394 g/mol. The van der Waals surface area contributed by atoms with Crippen LogP contribution in [0.4, 0.5) is 13.2 Å². The second-order valence-electron chi connectivity index (χ2n) is 5.74. The van der Waals surface area contributed by atoms with Crippen LogP contribution in [-0.2, 0) is 7.05 Å². The normalized spacial score (nSPS) is 12.0. The molecule has 4 aromatic rings. The fourth-order valence-corrected chi connectivity index (χ4v) is 3.12. The Labute approximate surface area is 154 Å². The summed E-state index contributed by atoms with van der Waals surface area (Å²) in [5.41, 5.74) is -0.359. The van der Waals surface area contributed by atoms with Gasteiger partial charge in [-0.15, -0.1) is 13.2 Å². The Morgan fingerprint density at radius 2 is 1.96 bits per heavy atom. The van der Waals surface area contributed by atoms with Gasteiger partial charge in [-0.05, 0) is 24.3 Å². The number of rotatable bonds is 2. The maximum Gasteiger partial charge on any atom is 0.574 e. The number of hydrogen-bond donors (Lipinski definition) is 0. The number of hydrogen-bond acceptors (Lipinski definition) is 4. The molecule has 6 nitrogen and oxygen atoms in total. The topological polar surface area (TPSA) is 61.9 Å². The summed E-state index contributed by atoms with van der Waals surface area (Å²) in [6.45, 7) is 0. The lowest BCUT2D eigenvalue weighted by atomic mass is 10.1. The first-order valence-corrected chi connectivity index (χ1v) is 8.01. The molecular weight excluding hydrogens is 385 g/mol. The van der Waals surface area contributed by atoms with E-state index in [1.165, 1.54) is 22.9 Å². The lowest BCUT2D eigenvalue weighted by Crippen LogP contribution is -2.23. The van der Waals surface area contributed by atoms with Crippen LogP contribution in [0.3, 0.4) is 0 Å². The number of nitrogens with zero attached hydrogens (tertiary/aromatic N) is 4. The van der Waals surface area contributed by atoms with Crippen LogP contribution in [0.2, 0.25) is 5.02 Å². The van der Waals surface area contributed by atoms with Crippen molar-refractivity contribution < 1.29 is 17.9 Å². The van der Waals surface area contributed by atoms with Gasteiger partial charge in [-0.3, -0.25) is 14.0 Å². The van der Waals surface area contributed by atoms with E-state index in [0.29, 0.717) is 21.3 Å². The predicted octanol–water partition coefficient (Wildman–Crippen LogP) is 3.82. The molecule has 10 heteroatoms. The second-order valence-corrected chi connectivity index (χ2v) is 6.18. The molecular formula is C17H10ClF3N4O2. The third-order valence-corrected chi connectivity index (χ3v) is 4.16. The van der Waals surface area contributed by atoms with Crippen LogP contribution in [-0.4, -0.2) is 25.7 Å². The molecule has 0 bridgehead atoms. The van der Waals surface area contributed by atoms with Crippen LogP contribution in [0, 0.1) is 0 Å². The summed E-state index contributed by atoms with van der Waals surface area (Å²) in [6.07, 6.45) is -2.16. The second kappa shape index (κ2) is 5.98. The third-order valence-electron chi connectivity index (χ3n) is 3.93. The minimum Gasteiger partial charge on any atom is -0.386 e. The van der Waals surface area contributed by atoms with Crippen LogP contribution in [0.5, 0.6) is 5.88 Å². The van der Waals surface area contributed by atoms with Crippen LogP contribution in [0.25, 0.3) is 27.5 Å². The zero-order valence-electron chi connectivity index (χ0n) is 13.7. The van der Waals surface area contributed by atoms with Gasteiger partial charge in [0.2, 0.25) is 5.88 Å². The lowest BCUT2D eigenvalue weighted by Gasteiger charge is -2.15. The molecule has 27 heavy (non-hydrogen) atoms. The van der Waals surface area contributed by atoms with Crippen LogP contribution in [0.15, 0.2) is 47.5 Å². The zero-order valence-corrected chi connectivity index (χ0v) is 14.4. The van der Waals surface area contributed by atoms with Crippen molar-refractivity contribution in [1.29, 1.82) is 0 Å². The molecule has 0 saturated heterocycles. The van der Waals surface area contributed by atoms with Crippen molar-refractivity contribution in [1.82, 2.24) is 19.3 Å². The number of alkyl halides is 3. The Morgan fingerprint density at radius 3 is 2.70 bits per heavy atom. The van der Waals surface area contributed by atoms with Crippen molar-refractivity contribution in [3.63, 3.8) is 0 Å². The summed E-state index contributed by atoms with van der Waals surface area (Å²) in [4.78, 5) is 16.7. The lowest BCUT2D eigenvalue weighted by molar-refractivity contribution is -0.276. The molecule has 0 radical (unpaired) electrons. The minimum atomic E-state index is -4.96. The van der Waals surface area contributed by atoms with E-state index in [4.69, 9.17) is 11.6 Å². The summed E-state index contributed by atoms with van der Waals surface area (Å²) >= 11 is 6.07. The third kappa shape index (κ3) is 2.99. The Bertz CT molecular complexity index is 1250. The SMILES string of the molecule is Cn1cc2c(n1)c(=O)n(-c1cccnc1OC(F)(F)F)c1cc(Cl)ccc21. The Kier molecular flexibility index (Phi) is 3.84. The van der Waals surface area contributed by atoms with Gasteiger partial charge in [0, 0.05) is 35.2 Å². The van der Waals surface area contributed by atoms with Gasteiger partial charge in [-0.2, -0.15) is 5.10 Å². The largest absolute Gasteiger partial charge is 0.574 e. The average Bonchev–Trinajstić information content (AvgIpc) is 2.97. The van der Waals surface area contributed by atoms with E-state index < -0.39 is 17.8 Å². The smallest absolute Gasteiger partial charge is 0.386 e. The van der Waals surface area contributed by atoms with E-state index in [0.717, 1.165) is 10.8 Å². The number of halogens is 4. The highest BCUT2D eigenvalue weighted by molar-refractivity contribution is 6.31. The Balaban J connectivity index is 2.15. The Hall–Kier alpha value is -3.07. The van der Waals surface area contributed by atoms with E-state index in [1.54, 1.807) is 25.4 Å². The van der Waals surface area contributed by atoms with Gasteiger partial charge in [0.25, 0.3) is 5.56 Å². The highest BCUT2D eigenvalue weighted by atomic mass is 35.5. The van der Waals surface area contributed by atoms with Gasteiger partial charge in [-0.1, -0.05) is 17.7 Å². The molecule has 0 saturated carbocycles. The molecule has 0 aliphatic carbocycles. The number of benzene rings is 1. The van der Waals surface area contributed by atoms with Crippen LogP contribution >= 0.6 is 11.6 Å². The van der Waals surface area contributed by atoms with Crippen molar-refractivity contribution in [2.45, 2.75) is 6.36 Å². The standard InChI is InChI=1S/C17H10ClF3N4O2/c1-24-8-11-10-5-4-9(18)7-13(10)25(16(26)14(11)23-24)12-3-2-6-22-15(12)27-17(19,20)21/h2-8H,1H3. The van der Waals surface area contributed by atoms with Gasteiger partial charge in [0.1, 0.15) is 5.69 Å². The number of aromatic nitrogens is 4. The highest BCUT2D eigenvalue weighted by Gasteiger charge is 2.33. The maximum atomic E-state index is 13.1. The molecule has 3 aromatic heterocycles. The predicted molar refractivity (Wildman–Crippen MR) is 93.3 cm³/mol. The molecule has 0 fully saturated rings. The van der Waals surface area contributed by atoms with Gasteiger partial charge < -0.3 is 4.74 Å². The van der Waals surface area contributed by atoms with Gasteiger partial charge in [-0.25, -0.2) is 4.98 Å².